The summed E-state index contributed by atoms with van der Waals surface area (Å²) in [7, 11) is -2.11. The summed E-state index contributed by atoms with van der Waals surface area (Å²) in [5.41, 5.74) is 6.22. The van der Waals surface area contributed by atoms with Gasteiger partial charge in [-0.05, 0) is 50.3 Å². The van der Waals surface area contributed by atoms with Crippen LogP contribution in [0.3, 0.4) is 0 Å². The Morgan fingerprint density at radius 2 is 2.00 bits per heavy atom. The fraction of sp³-hybridized carbons (Fsp3) is 0.562. The van der Waals surface area contributed by atoms with E-state index in [1.165, 1.54) is 19.2 Å². The Kier molecular flexibility index (Phi) is 4.80. The number of carbonyl (C=O) groups is 1. The molecule has 2 fully saturated rings. The molecule has 1 aromatic carbocycles. The first-order chi connectivity index (χ1) is 11.4. The molecule has 24 heavy (non-hydrogen) atoms. The van der Waals surface area contributed by atoms with E-state index in [4.69, 9.17) is 10.5 Å². The van der Waals surface area contributed by atoms with Crippen molar-refractivity contribution in [1.29, 1.82) is 0 Å². The summed E-state index contributed by atoms with van der Waals surface area (Å²) in [5, 5.41) is 2.79. The third-order valence-corrected chi connectivity index (χ3v) is 6.00. The van der Waals surface area contributed by atoms with Crippen molar-refractivity contribution >= 4 is 21.6 Å². The topological polar surface area (TPSA) is 111 Å². The Bertz CT molecular complexity index is 731. The minimum Gasteiger partial charge on any atom is -0.495 e. The highest BCUT2D eigenvalue weighted by molar-refractivity contribution is 7.89. The molecular weight excluding hydrogens is 330 g/mol. The zero-order valence-electron chi connectivity index (χ0n) is 13.6. The van der Waals surface area contributed by atoms with Crippen LogP contribution in [0.4, 0.5) is 5.69 Å². The van der Waals surface area contributed by atoms with Crippen molar-refractivity contribution < 1.29 is 17.9 Å². The number of methoxy groups -OCH3 is 1. The standard InChI is InChI=1S/C16H23N3O4S/c1-23-15-7-6-13(24(21,22)19-12-4-5-12)9-14(15)18-16(20)10-2-3-11(17)8-10/h6-7,9-12,19H,2-5,8,17H2,1H3,(H,18,20). The van der Waals surface area contributed by atoms with Gasteiger partial charge in [-0.15, -0.1) is 0 Å². The van der Waals surface area contributed by atoms with Gasteiger partial charge in [0.2, 0.25) is 15.9 Å². The largest absolute Gasteiger partial charge is 0.495 e. The summed E-state index contributed by atoms with van der Waals surface area (Å²) in [6, 6.07) is 4.55. The van der Waals surface area contributed by atoms with Crippen molar-refractivity contribution in [3.63, 3.8) is 0 Å². The van der Waals surface area contributed by atoms with Crippen LogP contribution in [0.25, 0.3) is 0 Å². The molecule has 4 N–H and O–H groups in total. The molecule has 1 amide bonds. The first kappa shape index (κ1) is 17.2. The average Bonchev–Trinajstić information content (AvgIpc) is 3.23. The maximum Gasteiger partial charge on any atom is 0.240 e. The molecule has 0 aliphatic heterocycles. The first-order valence-electron chi connectivity index (χ1n) is 8.16. The van der Waals surface area contributed by atoms with Crippen molar-refractivity contribution in [2.45, 2.75) is 49.1 Å². The summed E-state index contributed by atoms with van der Waals surface area (Å²) >= 11 is 0. The minimum atomic E-state index is -3.58. The van der Waals surface area contributed by atoms with Gasteiger partial charge in [-0.1, -0.05) is 0 Å². The van der Waals surface area contributed by atoms with E-state index in [0.717, 1.165) is 25.7 Å². The van der Waals surface area contributed by atoms with Crippen LogP contribution < -0.4 is 20.5 Å². The van der Waals surface area contributed by atoms with Crippen molar-refractivity contribution in [3.8, 4) is 5.75 Å². The van der Waals surface area contributed by atoms with E-state index in [1.54, 1.807) is 6.07 Å². The third-order valence-electron chi connectivity index (χ3n) is 4.48. The van der Waals surface area contributed by atoms with E-state index in [1.807, 2.05) is 0 Å². The van der Waals surface area contributed by atoms with Crippen LogP contribution in [0.1, 0.15) is 32.1 Å². The van der Waals surface area contributed by atoms with Crippen LogP contribution in [0.5, 0.6) is 5.75 Å². The molecule has 0 spiro atoms. The van der Waals surface area contributed by atoms with Gasteiger partial charge in [0.05, 0.1) is 17.7 Å². The summed E-state index contributed by atoms with van der Waals surface area (Å²) in [4.78, 5) is 12.5. The van der Waals surface area contributed by atoms with Gasteiger partial charge in [0.15, 0.2) is 0 Å². The maximum absolute atomic E-state index is 12.4. The molecular formula is C16H23N3O4S. The average molecular weight is 353 g/mol. The summed E-state index contributed by atoms with van der Waals surface area (Å²) in [6.07, 6.45) is 3.95. The number of hydrogen-bond donors (Lipinski definition) is 3. The molecule has 2 aliphatic rings. The fourth-order valence-electron chi connectivity index (χ4n) is 2.93. The van der Waals surface area contributed by atoms with Gasteiger partial charge in [0, 0.05) is 18.0 Å². The van der Waals surface area contributed by atoms with Crippen LogP contribution in [-0.4, -0.2) is 33.5 Å². The number of nitrogens with one attached hydrogen (secondary N) is 2. The predicted molar refractivity (Wildman–Crippen MR) is 90.3 cm³/mol. The number of benzene rings is 1. The summed E-state index contributed by atoms with van der Waals surface area (Å²) in [6.45, 7) is 0. The second-order valence-electron chi connectivity index (χ2n) is 6.52. The van der Waals surface area contributed by atoms with Crippen molar-refractivity contribution in [2.24, 2.45) is 11.7 Å². The number of amides is 1. The Balaban J connectivity index is 1.80. The van der Waals surface area contributed by atoms with Gasteiger partial charge in [-0.3, -0.25) is 4.79 Å². The Labute approximate surface area is 142 Å². The van der Waals surface area contributed by atoms with Gasteiger partial charge in [-0.25, -0.2) is 13.1 Å². The predicted octanol–water partition coefficient (Wildman–Crippen LogP) is 1.20. The normalized spacial score (nSPS) is 23.9. The number of sulfonamides is 1. The lowest BCUT2D eigenvalue weighted by molar-refractivity contribution is -0.119. The van der Waals surface area contributed by atoms with Crippen molar-refractivity contribution in [3.05, 3.63) is 18.2 Å². The molecule has 3 rings (SSSR count). The molecule has 2 unspecified atom stereocenters. The van der Waals surface area contributed by atoms with E-state index in [-0.39, 0.29) is 28.8 Å². The number of carbonyl (C=O) groups excluding carboxylic acids is 1. The monoisotopic (exact) mass is 353 g/mol. The van der Waals surface area contributed by atoms with Gasteiger partial charge >= 0.3 is 0 Å². The van der Waals surface area contributed by atoms with Gasteiger partial charge < -0.3 is 15.8 Å². The number of ether oxygens (including phenoxy) is 1. The highest BCUT2D eigenvalue weighted by atomic mass is 32.2. The first-order valence-corrected chi connectivity index (χ1v) is 9.64. The lowest BCUT2D eigenvalue weighted by atomic mass is 10.1. The van der Waals surface area contributed by atoms with Crippen LogP contribution in [0.2, 0.25) is 0 Å². The summed E-state index contributed by atoms with van der Waals surface area (Å²) < 4.78 is 32.5. The molecule has 2 saturated carbocycles. The minimum absolute atomic E-state index is 0.0233. The molecule has 0 bridgehead atoms. The molecule has 8 heteroatoms. The fourth-order valence-corrected chi connectivity index (χ4v) is 4.26. The molecule has 132 valence electrons. The molecule has 0 saturated heterocycles. The molecule has 0 heterocycles. The Morgan fingerprint density at radius 1 is 1.25 bits per heavy atom. The quantitative estimate of drug-likeness (QED) is 0.712. The van der Waals surface area contributed by atoms with E-state index in [2.05, 4.69) is 10.0 Å². The van der Waals surface area contributed by atoms with E-state index in [9.17, 15) is 13.2 Å². The second kappa shape index (κ2) is 6.70. The van der Waals surface area contributed by atoms with Crippen molar-refractivity contribution in [1.82, 2.24) is 4.72 Å². The van der Waals surface area contributed by atoms with E-state index < -0.39 is 10.0 Å². The van der Waals surface area contributed by atoms with Crippen molar-refractivity contribution in [2.75, 3.05) is 12.4 Å². The molecule has 7 nitrogen and oxygen atoms in total. The number of rotatable bonds is 6. The number of nitrogens with two attached hydrogens (primary N) is 1. The lowest BCUT2D eigenvalue weighted by Crippen LogP contribution is -2.26. The molecule has 2 aliphatic carbocycles. The number of hydrogen-bond acceptors (Lipinski definition) is 5. The zero-order chi connectivity index (χ0) is 17.3. The van der Waals surface area contributed by atoms with E-state index >= 15 is 0 Å². The van der Waals surface area contributed by atoms with Gasteiger partial charge in [0.25, 0.3) is 0 Å². The van der Waals surface area contributed by atoms with Crippen LogP contribution in [-0.2, 0) is 14.8 Å². The molecule has 1 aromatic rings. The maximum atomic E-state index is 12.4. The highest BCUT2D eigenvalue weighted by Gasteiger charge is 2.30. The van der Waals surface area contributed by atoms with Crippen LogP contribution in [0, 0.1) is 5.92 Å². The number of anilines is 1. The Morgan fingerprint density at radius 3 is 2.58 bits per heavy atom. The smallest absolute Gasteiger partial charge is 0.240 e. The van der Waals surface area contributed by atoms with E-state index in [0.29, 0.717) is 17.9 Å². The second-order valence-corrected chi connectivity index (χ2v) is 8.23. The highest BCUT2D eigenvalue weighted by Crippen LogP contribution is 2.31. The molecule has 0 aromatic heterocycles. The van der Waals surface area contributed by atoms with Crippen LogP contribution in [0.15, 0.2) is 23.1 Å². The third kappa shape index (κ3) is 3.88. The van der Waals surface area contributed by atoms with Crippen LogP contribution >= 0.6 is 0 Å². The zero-order valence-corrected chi connectivity index (χ0v) is 14.4. The summed E-state index contributed by atoms with van der Waals surface area (Å²) in [5.74, 6) is 0.136. The SMILES string of the molecule is COc1ccc(S(=O)(=O)NC2CC2)cc1NC(=O)C1CCC(N)C1. The van der Waals surface area contributed by atoms with Gasteiger partial charge in [0.1, 0.15) is 5.75 Å². The molecule has 0 radical (unpaired) electrons. The van der Waals surface area contributed by atoms with Gasteiger partial charge in [-0.2, -0.15) is 0 Å². The Hall–Kier alpha value is -1.64. The molecule has 2 atom stereocenters. The lowest BCUT2D eigenvalue weighted by Gasteiger charge is -2.15.